The van der Waals surface area contributed by atoms with Gasteiger partial charge in [-0.15, -0.1) is 0 Å². The number of hydrogen-bond acceptors (Lipinski definition) is 5. The third-order valence-corrected chi connectivity index (χ3v) is 5.10. The topological polar surface area (TPSA) is 70.3 Å². The Morgan fingerprint density at radius 1 is 1.29 bits per heavy atom. The molecule has 0 spiro atoms. The lowest BCUT2D eigenvalue weighted by molar-refractivity contribution is -0.000460. The molecule has 21 heavy (non-hydrogen) atoms. The zero-order valence-electron chi connectivity index (χ0n) is 12.8. The number of ether oxygens (including phenoxy) is 2. The van der Waals surface area contributed by atoms with E-state index in [0.717, 1.165) is 9.26 Å². The Morgan fingerprint density at radius 2 is 2.00 bits per heavy atom. The van der Waals surface area contributed by atoms with Crippen molar-refractivity contribution >= 4 is 28.4 Å². The van der Waals surface area contributed by atoms with Crippen molar-refractivity contribution < 1.29 is 9.47 Å². The quantitative estimate of drug-likeness (QED) is 0.734. The van der Waals surface area contributed by atoms with E-state index in [9.17, 15) is 0 Å². The Morgan fingerprint density at radius 3 is 2.62 bits per heavy atom. The molecule has 5 nitrogen and oxygen atoms in total. The summed E-state index contributed by atoms with van der Waals surface area (Å²) in [6, 6.07) is 0. The van der Waals surface area contributed by atoms with Crippen LogP contribution in [0.25, 0.3) is 0 Å². The van der Waals surface area contributed by atoms with Gasteiger partial charge in [-0.2, -0.15) is 0 Å². The third kappa shape index (κ3) is 4.26. The number of halogens is 1. The Hall–Kier alpha value is -0.470. The molecule has 6 heteroatoms. The Kier molecular flexibility index (Phi) is 6.63. The van der Waals surface area contributed by atoms with E-state index in [-0.39, 0.29) is 6.10 Å². The van der Waals surface area contributed by atoms with Crippen LogP contribution in [-0.4, -0.2) is 23.7 Å². The van der Waals surface area contributed by atoms with E-state index in [1.807, 2.05) is 6.92 Å². The summed E-state index contributed by atoms with van der Waals surface area (Å²) in [5.41, 5.74) is 6.89. The molecule has 1 aliphatic rings. The van der Waals surface area contributed by atoms with Gasteiger partial charge in [-0.25, -0.2) is 9.97 Å². The predicted octanol–water partition coefficient (Wildman–Crippen LogP) is 3.47. The maximum absolute atomic E-state index is 6.05. The van der Waals surface area contributed by atoms with Gasteiger partial charge >= 0.3 is 0 Å². The highest BCUT2D eigenvalue weighted by molar-refractivity contribution is 14.1. The van der Waals surface area contributed by atoms with Crippen molar-refractivity contribution in [3.63, 3.8) is 0 Å². The summed E-state index contributed by atoms with van der Waals surface area (Å²) >= 11 is 2.17. The number of anilines is 1. The first kappa shape index (κ1) is 16.9. The minimum Gasteiger partial charge on any atom is -0.383 e. The number of nitrogens with two attached hydrogens (primary N) is 1. The van der Waals surface area contributed by atoms with Crippen LogP contribution in [0.1, 0.15) is 56.7 Å². The van der Waals surface area contributed by atoms with Gasteiger partial charge in [-0.05, 0) is 48.3 Å². The summed E-state index contributed by atoms with van der Waals surface area (Å²) in [7, 11) is 1.66. The van der Waals surface area contributed by atoms with E-state index in [2.05, 4.69) is 32.6 Å². The molecule has 0 aliphatic heterocycles. The summed E-state index contributed by atoms with van der Waals surface area (Å²) in [6.07, 6.45) is 6.15. The highest BCUT2D eigenvalue weighted by Crippen LogP contribution is 2.36. The van der Waals surface area contributed by atoms with Crippen LogP contribution in [-0.2, 0) is 16.1 Å². The van der Waals surface area contributed by atoms with Crippen LogP contribution in [0.3, 0.4) is 0 Å². The van der Waals surface area contributed by atoms with Gasteiger partial charge < -0.3 is 15.2 Å². The lowest BCUT2D eigenvalue weighted by Gasteiger charge is -2.29. The van der Waals surface area contributed by atoms with Gasteiger partial charge in [0, 0.05) is 13.7 Å². The van der Waals surface area contributed by atoms with Crippen molar-refractivity contribution in [3.8, 4) is 0 Å². The van der Waals surface area contributed by atoms with E-state index in [1.54, 1.807) is 7.11 Å². The molecule has 1 aromatic rings. The summed E-state index contributed by atoms with van der Waals surface area (Å²) in [5, 5.41) is 0. The molecular weight excluding hydrogens is 381 g/mol. The highest BCUT2D eigenvalue weighted by atomic mass is 127. The van der Waals surface area contributed by atoms with Crippen molar-refractivity contribution in [2.75, 3.05) is 19.5 Å². The average molecular weight is 405 g/mol. The minimum absolute atomic E-state index is 0.0507. The van der Waals surface area contributed by atoms with Crippen LogP contribution in [0.2, 0.25) is 0 Å². The normalized spacial score (nSPS) is 17.9. The van der Waals surface area contributed by atoms with Gasteiger partial charge in [0.1, 0.15) is 11.9 Å². The number of methoxy groups -OCH3 is 1. The van der Waals surface area contributed by atoms with E-state index < -0.39 is 0 Å². The molecule has 0 amide bonds. The van der Waals surface area contributed by atoms with E-state index in [0.29, 0.717) is 30.8 Å². The van der Waals surface area contributed by atoms with Gasteiger partial charge in [0.15, 0.2) is 5.82 Å². The number of nitrogens with zero attached hydrogens (tertiary/aromatic N) is 2. The van der Waals surface area contributed by atoms with Gasteiger partial charge in [0.2, 0.25) is 0 Å². The van der Waals surface area contributed by atoms with Crippen molar-refractivity contribution in [3.05, 3.63) is 15.1 Å². The monoisotopic (exact) mass is 405 g/mol. The van der Waals surface area contributed by atoms with Crippen LogP contribution in [0.15, 0.2) is 0 Å². The van der Waals surface area contributed by atoms with Gasteiger partial charge in [0.25, 0.3) is 0 Å². The number of nitrogen functional groups attached to an aromatic ring is 1. The molecule has 1 aliphatic carbocycles. The van der Waals surface area contributed by atoms with E-state index in [1.165, 1.54) is 32.1 Å². The Balaban J connectivity index is 2.30. The molecule has 0 bridgehead atoms. The fourth-order valence-corrected chi connectivity index (χ4v) is 3.33. The standard InChI is InChI=1S/C15H24IN3O2/c1-3-21-13(10-7-5-4-6-8-10)15-18-11(9-20-2)12(16)14(17)19-15/h10,13H,3-9H2,1-2H3,(H2,17,18,19). The molecule has 118 valence electrons. The summed E-state index contributed by atoms with van der Waals surface area (Å²) < 4.78 is 12.1. The van der Waals surface area contributed by atoms with Crippen molar-refractivity contribution in [2.45, 2.75) is 51.7 Å². The highest BCUT2D eigenvalue weighted by Gasteiger charge is 2.29. The first-order valence-electron chi connectivity index (χ1n) is 7.59. The zero-order valence-corrected chi connectivity index (χ0v) is 14.9. The molecule has 0 saturated heterocycles. The second kappa shape index (κ2) is 8.24. The molecule has 1 unspecified atom stereocenters. The first-order chi connectivity index (χ1) is 10.2. The number of hydrogen-bond donors (Lipinski definition) is 1. The van der Waals surface area contributed by atoms with Crippen molar-refractivity contribution in [1.82, 2.24) is 9.97 Å². The summed E-state index contributed by atoms with van der Waals surface area (Å²) in [6.45, 7) is 3.12. The van der Waals surface area contributed by atoms with Crippen molar-refractivity contribution in [1.29, 1.82) is 0 Å². The molecule has 1 heterocycles. The maximum atomic E-state index is 6.05. The zero-order chi connectivity index (χ0) is 15.2. The van der Waals surface area contributed by atoms with E-state index >= 15 is 0 Å². The molecule has 0 aromatic carbocycles. The Labute approximate surface area is 140 Å². The summed E-state index contributed by atoms with van der Waals surface area (Å²) in [5.74, 6) is 1.73. The molecule has 1 fully saturated rings. The lowest BCUT2D eigenvalue weighted by atomic mass is 9.85. The second-order valence-electron chi connectivity index (χ2n) is 5.43. The molecule has 0 radical (unpaired) electrons. The fourth-order valence-electron chi connectivity index (χ4n) is 2.93. The average Bonchev–Trinajstić information content (AvgIpc) is 2.50. The molecule has 2 rings (SSSR count). The molecule has 1 atom stereocenters. The van der Waals surface area contributed by atoms with Gasteiger partial charge in [-0.3, -0.25) is 0 Å². The number of aromatic nitrogens is 2. The first-order valence-corrected chi connectivity index (χ1v) is 8.67. The van der Waals surface area contributed by atoms with E-state index in [4.69, 9.17) is 15.2 Å². The van der Waals surface area contributed by atoms with Gasteiger partial charge in [0.05, 0.1) is 15.9 Å². The van der Waals surface area contributed by atoms with Gasteiger partial charge in [-0.1, -0.05) is 19.3 Å². The molecule has 2 N–H and O–H groups in total. The predicted molar refractivity (Wildman–Crippen MR) is 90.8 cm³/mol. The lowest BCUT2D eigenvalue weighted by Crippen LogP contribution is -2.23. The second-order valence-corrected chi connectivity index (χ2v) is 6.51. The van der Waals surface area contributed by atoms with Crippen molar-refractivity contribution in [2.24, 2.45) is 5.92 Å². The van der Waals surface area contributed by atoms with Crippen LogP contribution in [0, 0.1) is 9.49 Å². The van der Waals surface area contributed by atoms with Crippen LogP contribution in [0.4, 0.5) is 5.82 Å². The minimum atomic E-state index is -0.0507. The number of rotatable bonds is 6. The molecular formula is C15H24IN3O2. The SMILES string of the molecule is CCOC(c1nc(N)c(I)c(COC)n1)C1CCCCC1. The molecule has 1 saturated carbocycles. The maximum Gasteiger partial charge on any atom is 0.160 e. The fraction of sp³-hybridized carbons (Fsp3) is 0.733. The third-order valence-electron chi connectivity index (χ3n) is 3.92. The smallest absolute Gasteiger partial charge is 0.160 e. The van der Waals surface area contributed by atoms with Crippen LogP contribution >= 0.6 is 22.6 Å². The largest absolute Gasteiger partial charge is 0.383 e. The summed E-state index contributed by atoms with van der Waals surface area (Å²) in [4.78, 5) is 9.16. The van der Waals surface area contributed by atoms with Crippen LogP contribution < -0.4 is 5.73 Å². The van der Waals surface area contributed by atoms with Crippen LogP contribution in [0.5, 0.6) is 0 Å². The Bertz CT molecular complexity index is 464. The molecule has 1 aromatic heterocycles.